The highest BCUT2D eigenvalue weighted by Gasteiger charge is 2.46. The van der Waals surface area contributed by atoms with Crippen molar-refractivity contribution >= 4 is 6.09 Å². The zero-order chi connectivity index (χ0) is 28.0. The Morgan fingerprint density at radius 3 is 1.82 bits per heavy atom. The Balaban J connectivity index is 1.86. The maximum absolute atomic E-state index is 13.0. The fourth-order valence-corrected chi connectivity index (χ4v) is 4.78. The van der Waals surface area contributed by atoms with Crippen molar-refractivity contribution in [3.8, 4) is 11.5 Å². The quantitative estimate of drug-likeness (QED) is 0.147. The number of nitrogens with zero attached hydrogens (tertiary/aromatic N) is 4. The minimum absolute atomic E-state index is 0.180. The molecular weight excluding hydrogens is 496 g/mol. The van der Waals surface area contributed by atoms with Gasteiger partial charge in [-0.3, -0.25) is 0 Å². The zero-order valence-electron chi connectivity index (χ0n) is 22.9. The van der Waals surface area contributed by atoms with Crippen LogP contribution in [-0.4, -0.2) is 56.0 Å². The summed E-state index contributed by atoms with van der Waals surface area (Å²) in [7, 11) is 3.24. The molecule has 1 heterocycles. The maximum Gasteiger partial charge on any atom is 0.410 e. The highest BCUT2D eigenvalue weighted by atomic mass is 16.6. The number of likely N-dealkylation sites (tertiary alicyclic amines) is 1. The molecule has 1 aliphatic rings. The van der Waals surface area contributed by atoms with Crippen molar-refractivity contribution in [3.63, 3.8) is 0 Å². The topological polar surface area (TPSA) is 106 Å². The Bertz CT molecular complexity index is 1250. The second kappa shape index (κ2) is 11.7. The van der Waals surface area contributed by atoms with E-state index in [9.17, 15) is 10.3 Å². The van der Waals surface area contributed by atoms with E-state index in [1.807, 2.05) is 99.6 Å². The lowest BCUT2D eigenvalue weighted by molar-refractivity contribution is -0.0482. The largest absolute Gasteiger partial charge is 0.497 e. The molecule has 2 unspecified atom stereocenters. The summed E-state index contributed by atoms with van der Waals surface area (Å²) in [5.41, 5.74) is 10.1. The van der Waals surface area contributed by atoms with E-state index in [4.69, 9.17) is 18.9 Å². The van der Waals surface area contributed by atoms with E-state index in [0.717, 1.165) is 16.7 Å². The summed E-state index contributed by atoms with van der Waals surface area (Å²) in [6.45, 7) is 5.81. The van der Waals surface area contributed by atoms with Crippen LogP contribution < -0.4 is 9.47 Å². The Labute approximate surface area is 228 Å². The van der Waals surface area contributed by atoms with Crippen LogP contribution in [0.25, 0.3) is 10.4 Å². The summed E-state index contributed by atoms with van der Waals surface area (Å²) >= 11 is 0. The van der Waals surface area contributed by atoms with Crippen molar-refractivity contribution in [2.45, 2.75) is 44.1 Å². The number of benzene rings is 3. The molecule has 1 amide bonds. The van der Waals surface area contributed by atoms with Crippen molar-refractivity contribution < 1.29 is 23.7 Å². The molecule has 4 rings (SSSR count). The molecule has 0 radical (unpaired) electrons. The van der Waals surface area contributed by atoms with Gasteiger partial charge in [-0.15, -0.1) is 0 Å². The van der Waals surface area contributed by atoms with Gasteiger partial charge in [-0.05, 0) is 67.3 Å². The molecule has 1 fully saturated rings. The van der Waals surface area contributed by atoms with E-state index in [-0.39, 0.29) is 13.1 Å². The van der Waals surface area contributed by atoms with Crippen LogP contribution in [0.3, 0.4) is 0 Å². The molecule has 204 valence electrons. The molecule has 0 saturated carbocycles. The first-order valence-electron chi connectivity index (χ1n) is 12.7. The van der Waals surface area contributed by atoms with Gasteiger partial charge in [-0.25, -0.2) is 4.79 Å². The third-order valence-electron chi connectivity index (χ3n) is 6.59. The Hall–Kier alpha value is -4.20. The first-order chi connectivity index (χ1) is 18.7. The number of amides is 1. The van der Waals surface area contributed by atoms with Crippen LogP contribution in [0.5, 0.6) is 11.5 Å². The molecule has 0 aromatic heterocycles. The first-order valence-corrected chi connectivity index (χ1v) is 12.7. The smallest absolute Gasteiger partial charge is 0.410 e. The van der Waals surface area contributed by atoms with Gasteiger partial charge in [-0.1, -0.05) is 59.7 Å². The first kappa shape index (κ1) is 27.8. The molecule has 1 saturated heterocycles. The Morgan fingerprint density at radius 2 is 1.36 bits per heavy atom. The third kappa shape index (κ3) is 6.11. The average Bonchev–Trinajstić information content (AvgIpc) is 3.34. The van der Waals surface area contributed by atoms with E-state index >= 15 is 0 Å². The van der Waals surface area contributed by atoms with Gasteiger partial charge in [0, 0.05) is 11.5 Å². The van der Waals surface area contributed by atoms with Gasteiger partial charge in [0.05, 0.1) is 32.9 Å². The number of ether oxygens (including phenoxy) is 4. The Morgan fingerprint density at radius 1 is 0.846 bits per heavy atom. The molecule has 39 heavy (non-hydrogen) atoms. The van der Waals surface area contributed by atoms with Crippen LogP contribution >= 0.6 is 0 Å². The summed E-state index contributed by atoms with van der Waals surface area (Å²) in [4.78, 5) is 17.6. The fraction of sp³-hybridized carbons (Fsp3) is 0.367. The number of carbonyl (C=O) groups is 1. The normalized spacial score (nSPS) is 17.3. The van der Waals surface area contributed by atoms with E-state index in [0.29, 0.717) is 11.5 Å². The average molecular weight is 531 g/mol. The third-order valence-corrected chi connectivity index (χ3v) is 6.59. The monoisotopic (exact) mass is 530 g/mol. The van der Waals surface area contributed by atoms with Crippen molar-refractivity contribution in [3.05, 3.63) is 106 Å². The number of hydrogen-bond donors (Lipinski definition) is 0. The summed E-state index contributed by atoms with van der Waals surface area (Å²) in [6.07, 6.45) is -1.11. The number of carbonyl (C=O) groups excluding carboxylic acids is 1. The molecule has 0 bridgehead atoms. The van der Waals surface area contributed by atoms with E-state index in [1.165, 1.54) is 4.90 Å². The van der Waals surface area contributed by atoms with Crippen molar-refractivity contribution in [1.82, 2.24) is 4.90 Å². The van der Waals surface area contributed by atoms with Crippen LogP contribution in [0.2, 0.25) is 0 Å². The highest BCUT2D eigenvalue weighted by molar-refractivity contribution is 5.68. The van der Waals surface area contributed by atoms with Gasteiger partial charge in [0.2, 0.25) is 0 Å². The van der Waals surface area contributed by atoms with E-state index in [2.05, 4.69) is 10.0 Å². The van der Waals surface area contributed by atoms with Crippen LogP contribution in [0.15, 0.2) is 84.0 Å². The number of rotatable bonds is 8. The SMILES string of the molecule is COc1ccc(C(OC2CN(C(=O)OC(C)(C)C)CC2N=[N+]=[N-])(c2ccccc2)c2ccc(OC)cc2)cc1. The minimum Gasteiger partial charge on any atom is -0.497 e. The number of methoxy groups -OCH3 is 2. The minimum atomic E-state index is -1.11. The van der Waals surface area contributed by atoms with Crippen LogP contribution in [0, 0.1) is 0 Å². The van der Waals surface area contributed by atoms with Gasteiger partial charge in [0.15, 0.2) is 0 Å². The summed E-state index contributed by atoms with van der Waals surface area (Å²) < 4.78 is 23.5. The Kier molecular flexibility index (Phi) is 8.33. The van der Waals surface area contributed by atoms with E-state index < -0.39 is 29.4 Å². The number of hydrogen-bond acceptors (Lipinski definition) is 6. The second-order valence-corrected chi connectivity index (χ2v) is 10.3. The summed E-state index contributed by atoms with van der Waals surface area (Å²) in [5, 5.41) is 4.02. The molecule has 1 aliphatic heterocycles. The van der Waals surface area contributed by atoms with Crippen LogP contribution in [0.4, 0.5) is 4.79 Å². The lowest BCUT2D eigenvalue weighted by atomic mass is 9.79. The predicted molar refractivity (Wildman–Crippen MR) is 148 cm³/mol. The molecule has 3 aromatic rings. The molecule has 0 spiro atoms. The van der Waals surface area contributed by atoms with E-state index in [1.54, 1.807) is 14.2 Å². The van der Waals surface area contributed by atoms with Gasteiger partial charge >= 0.3 is 6.09 Å². The molecule has 0 N–H and O–H groups in total. The zero-order valence-corrected chi connectivity index (χ0v) is 22.9. The summed E-state index contributed by atoms with van der Waals surface area (Å²) in [5.74, 6) is 1.42. The number of azide groups is 1. The molecular formula is C30H34N4O5. The maximum atomic E-state index is 13.0. The highest BCUT2D eigenvalue weighted by Crippen LogP contribution is 2.44. The fourth-order valence-electron chi connectivity index (χ4n) is 4.78. The van der Waals surface area contributed by atoms with Crippen LogP contribution in [0.1, 0.15) is 37.5 Å². The van der Waals surface area contributed by atoms with Gasteiger partial charge in [-0.2, -0.15) is 0 Å². The molecule has 3 aromatic carbocycles. The van der Waals surface area contributed by atoms with Crippen molar-refractivity contribution in [2.75, 3.05) is 27.3 Å². The summed E-state index contributed by atoms with van der Waals surface area (Å²) in [6, 6.07) is 24.6. The van der Waals surface area contributed by atoms with Gasteiger partial charge in [0.25, 0.3) is 0 Å². The van der Waals surface area contributed by atoms with Gasteiger partial charge < -0.3 is 23.8 Å². The standard InChI is InChI=1S/C30H34N4O5/c1-29(2,3)39-28(35)34-19-26(32-33-31)27(20-34)38-30(21-9-7-6-8-10-21,22-11-15-24(36-4)16-12-22)23-13-17-25(37-5)18-14-23/h6-18,26-27H,19-20H2,1-5H3. The molecule has 2 atom stereocenters. The lowest BCUT2D eigenvalue weighted by Crippen LogP contribution is -2.41. The molecule has 0 aliphatic carbocycles. The van der Waals surface area contributed by atoms with Crippen molar-refractivity contribution in [2.24, 2.45) is 5.11 Å². The predicted octanol–water partition coefficient (Wildman–Crippen LogP) is 6.31. The van der Waals surface area contributed by atoms with Gasteiger partial charge in [0.1, 0.15) is 22.7 Å². The van der Waals surface area contributed by atoms with Crippen molar-refractivity contribution in [1.29, 1.82) is 0 Å². The molecule has 9 nitrogen and oxygen atoms in total. The second-order valence-electron chi connectivity index (χ2n) is 10.3. The molecule has 9 heteroatoms. The lowest BCUT2D eigenvalue weighted by Gasteiger charge is -2.39. The van der Waals surface area contributed by atoms with Crippen LogP contribution in [-0.2, 0) is 15.1 Å².